The molecule has 6 nitrogen and oxygen atoms in total. The number of nitrogens with one attached hydrogen (secondary N) is 2. The van der Waals surface area contributed by atoms with Gasteiger partial charge in [0.1, 0.15) is 13.1 Å². The molecule has 0 unspecified atom stereocenters. The second kappa shape index (κ2) is 10.2. The van der Waals surface area contributed by atoms with Crippen molar-refractivity contribution in [3.63, 3.8) is 0 Å². The minimum atomic E-state index is 0.811. The molecule has 0 atom stereocenters. The van der Waals surface area contributed by atoms with Crippen LogP contribution in [-0.2, 0) is 13.1 Å². The predicted molar refractivity (Wildman–Crippen MR) is 142 cm³/mol. The Labute approximate surface area is 201 Å². The van der Waals surface area contributed by atoms with E-state index in [4.69, 9.17) is 11.5 Å². The largest absolute Gasteiger partial charge is 0.399 e. The molecule has 6 heteroatoms. The Kier molecular flexibility index (Phi) is 6.65. The molecule has 6 rings (SSSR count). The third kappa shape index (κ3) is 4.86. The van der Waals surface area contributed by atoms with E-state index in [0.717, 1.165) is 63.2 Å². The normalized spacial score (nSPS) is 15.8. The molecule has 0 saturated heterocycles. The number of nitrogens with two attached hydrogens (primary N) is 2. The molecule has 0 spiro atoms. The Morgan fingerprint density at radius 2 is 1.03 bits per heavy atom. The van der Waals surface area contributed by atoms with Gasteiger partial charge in [-0.25, -0.2) is 0 Å². The number of benzene rings is 2. The van der Waals surface area contributed by atoms with Crippen molar-refractivity contribution in [3.8, 4) is 0 Å². The molecule has 2 aliphatic heterocycles. The summed E-state index contributed by atoms with van der Waals surface area (Å²) in [5.74, 6) is 0. The first-order valence-electron chi connectivity index (χ1n) is 12.6. The summed E-state index contributed by atoms with van der Waals surface area (Å²) in [5.41, 5.74) is 18.7. The number of aromatic nitrogens is 2. The first-order chi connectivity index (χ1) is 16.7. The maximum Gasteiger partial charge on any atom is 0.214 e. The standard InChI is InChI=1S/C28H34N6/c29-21-7-9-27-23(19-21)25-11-17-33(27)15-5-2-6-16-34-18-12-26(32-14-4-1-3-13-31-25)24-20-22(30)8-10-28(24)34/h7-12,17-20H,1-6,13-16,29-30H2/p+2. The fourth-order valence-electron chi connectivity index (χ4n) is 5.02. The Hall–Kier alpha value is -3.54. The number of aryl methyl sites for hydroxylation is 2. The van der Waals surface area contributed by atoms with E-state index in [1.807, 2.05) is 12.1 Å². The third-order valence-corrected chi connectivity index (χ3v) is 6.87. The van der Waals surface area contributed by atoms with Crippen LogP contribution in [0.5, 0.6) is 0 Å². The lowest BCUT2D eigenvalue weighted by Crippen LogP contribution is -2.35. The van der Waals surface area contributed by atoms with Crippen molar-refractivity contribution >= 4 is 44.6 Å². The van der Waals surface area contributed by atoms with E-state index < -0.39 is 0 Å². The Balaban J connectivity index is 1.40. The lowest BCUT2D eigenvalue weighted by Gasteiger charge is -2.12. The lowest BCUT2D eigenvalue weighted by molar-refractivity contribution is -0.675. The summed E-state index contributed by atoms with van der Waals surface area (Å²) >= 11 is 0. The smallest absolute Gasteiger partial charge is 0.214 e. The van der Waals surface area contributed by atoms with Gasteiger partial charge in [-0.3, -0.25) is 0 Å². The van der Waals surface area contributed by atoms with Crippen LogP contribution in [-0.4, -0.2) is 13.1 Å². The van der Waals surface area contributed by atoms with Gasteiger partial charge in [-0.1, -0.05) is 0 Å². The van der Waals surface area contributed by atoms with Crippen molar-refractivity contribution in [2.75, 3.05) is 35.2 Å². The van der Waals surface area contributed by atoms with Crippen molar-refractivity contribution < 1.29 is 9.13 Å². The second-order valence-corrected chi connectivity index (χ2v) is 9.37. The number of pyridine rings is 2. The number of rotatable bonds is 0. The summed E-state index contributed by atoms with van der Waals surface area (Å²) in [6.45, 7) is 3.93. The SMILES string of the molecule is Nc1ccc2c(c1)c1cc[n+]2CCCCC[n+]2ccc(c3cc(N)ccc32)NCCCCCN1. The summed E-state index contributed by atoms with van der Waals surface area (Å²) in [4.78, 5) is 0. The van der Waals surface area contributed by atoms with Crippen LogP contribution < -0.4 is 31.2 Å². The molecule has 2 aromatic carbocycles. The molecule has 4 bridgehead atoms. The predicted octanol–water partition coefficient (Wildman–Crippen LogP) is 4.61. The summed E-state index contributed by atoms with van der Waals surface area (Å²) in [6.07, 6.45) is 11.3. The molecule has 34 heavy (non-hydrogen) atoms. The highest BCUT2D eigenvalue weighted by Gasteiger charge is 2.15. The molecule has 0 fully saturated rings. The zero-order valence-corrected chi connectivity index (χ0v) is 19.9. The van der Waals surface area contributed by atoms with Gasteiger partial charge in [-0.2, -0.15) is 9.13 Å². The average molecular weight is 457 g/mol. The zero-order valence-electron chi connectivity index (χ0n) is 19.9. The van der Waals surface area contributed by atoms with Crippen LogP contribution in [0.15, 0.2) is 60.9 Å². The van der Waals surface area contributed by atoms with Crippen molar-refractivity contribution in [1.29, 1.82) is 0 Å². The van der Waals surface area contributed by atoms with E-state index in [-0.39, 0.29) is 0 Å². The summed E-state index contributed by atoms with van der Waals surface area (Å²) in [7, 11) is 0. The fraction of sp³-hybridized carbons (Fsp3) is 0.357. The quantitative estimate of drug-likeness (QED) is 0.230. The van der Waals surface area contributed by atoms with Gasteiger partial charge in [-0.15, -0.1) is 0 Å². The summed E-state index contributed by atoms with van der Waals surface area (Å²) in [6, 6.07) is 16.9. The van der Waals surface area contributed by atoms with Gasteiger partial charge in [0.05, 0.1) is 22.1 Å². The van der Waals surface area contributed by atoms with Gasteiger partial charge >= 0.3 is 0 Å². The van der Waals surface area contributed by atoms with Crippen LogP contribution in [0.1, 0.15) is 38.5 Å². The molecule has 176 valence electrons. The van der Waals surface area contributed by atoms with Crippen LogP contribution in [0.3, 0.4) is 0 Å². The third-order valence-electron chi connectivity index (χ3n) is 6.87. The molecule has 4 aromatic rings. The van der Waals surface area contributed by atoms with Gasteiger partial charge in [0.15, 0.2) is 12.4 Å². The molecule has 0 aliphatic carbocycles. The number of hydrogen-bond acceptors (Lipinski definition) is 4. The molecular weight excluding hydrogens is 420 g/mol. The highest BCUT2D eigenvalue weighted by atomic mass is 15.0. The van der Waals surface area contributed by atoms with Gasteiger partial charge in [0.2, 0.25) is 11.0 Å². The number of nitrogen functional groups attached to an aromatic ring is 2. The molecule has 0 amide bonds. The van der Waals surface area contributed by atoms with E-state index in [1.165, 1.54) is 46.0 Å². The highest BCUT2D eigenvalue weighted by Crippen LogP contribution is 2.25. The van der Waals surface area contributed by atoms with Gasteiger partial charge < -0.3 is 22.1 Å². The van der Waals surface area contributed by atoms with Crippen molar-refractivity contribution in [2.45, 2.75) is 51.6 Å². The van der Waals surface area contributed by atoms with Gasteiger partial charge in [-0.05, 0) is 49.9 Å². The molecule has 2 aromatic heterocycles. The maximum absolute atomic E-state index is 6.14. The number of hydrogen-bond donors (Lipinski definition) is 4. The highest BCUT2D eigenvalue weighted by molar-refractivity contribution is 5.92. The summed E-state index contributed by atoms with van der Waals surface area (Å²) in [5, 5.41) is 9.72. The maximum atomic E-state index is 6.14. The molecule has 6 N–H and O–H groups in total. The number of fused-ring (bicyclic) bond motifs is 12. The molecule has 0 radical (unpaired) electrons. The minimum absolute atomic E-state index is 0.811. The Bertz CT molecular complexity index is 1200. The number of anilines is 4. The van der Waals surface area contributed by atoms with E-state index in [2.05, 4.69) is 68.6 Å². The fourth-order valence-corrected chi connectivity index (χ4v) is 5.02. The van der Waals surface area contributed by atoms with Crippen LogP contribution in [0.2, 0.25) is 0 Å². The number of nitrogens with zero attached hydrogens (tertiary/aromatic N) is 2. The van der Waals surface area contributed by atoms with Gasteiger partial charge in [0.25, 0.3) is 0 Å². The first kappa shape index (κ1) is 22.3. The molecule has 0 saturated carbocycles. The monoisotopic (exact) mass is 456 g/mol. The topological polar surface area (TPSA) is 83.9 Å². The van der Waals surface area contributed by atoms with Gasteiger partial charge in [0, 0.05) is 61.6 Å². The van der Waals surface area contributed by atoms with Crippen LogP contribution >= 0.6 is 0 Å². The van der Waals surface area contributed by atoms with E-state index in [0.29, 0.717) is 0 Å². The van der Waals surface area contributed by atoms with Crippen LogP contribution in [0.4, 0.5) is 22.7 Å². The second-order valence-electron chi connectivity index (χ2n) is 9.37. The Morgan fingerprint density at radius 1 is 0.559 bits per heavy atom. The van der Waals surface area contributed by atoms with Crippen LogP contribution in [0, 0.1) is 0 Å². The van der Waals surface area contributed by atoms with E-state index >= 15 is 0 Å². The first-order valence-corrected chi connectivity index (χ1v) is 12.6. The minimum Gasteiger partial charge on any atom is -0.399 e. The zero-order chi connectivity index (χ0) is 23.3. The summed E-state index contributed by atoms with van der Waals surface area (Å²) < 4.78 is 4.73. The Morgan fingerprint density at radius 3 is 1.53 bits per heavy atom. The molecule has 2 aliphatic rings. The molecular formula is C28H36N6+2. The van der Waals surface area contributed by atoms with Crippen molar-refractivity contribution in [1.82, 2.24) is 0 Å². The molecule has 4 heterocycles. The lowest BCUT2D eigenvalue weighted by atomic mass is 10.1. The van der Waals surface area contributed by atoms with Crippen LogP contribution in [0.25, 0.3) is 21.8 Å². The van der Waals surface area contributed by atoms with Crippen molar-refractivity contribution in [3.05, 3.63) is 60.9 Å². The van der Waals surface area contributed by atoms with E-state index in [9.17, 15) is 0 Å². The van der Waals surface area contributed by atoms with Crippen molar-refractivity contribution in [2.24, 2.45) is 0 Å². The average Bonchev–Trinajstić information content (AvgIpc) is 2.84. The van der Waals surface area contributed by atoms with E-state index in [1.54, 1.807) is 0 Å².